The SMILES string of the molecule is C[C@@H]1CC[C@H](C)C1.NC=O. The summed E-state index contributed by atoms with van der Waals surface area (Å²) in [6, 6.07) is 0. The number of amides is 1. The van der Waals surface area contributed by atoms with Gasteiger partial charge < -0.3 is 5.73 Å². The van der Waals surface area contributed by atoms with Crippen molar-refractivity contribution in [3.8, 4) is 0 Å². The fourth-order valence-corrected chi connectivity index (χ4v) is 1.49. The van der Waals surface area contributed by atoms with E-state index in [4.69, 9.17) is 4.79 Å². The minimum atomic E-state index is 0.250. The Hall–Kier alpha value is -0.530. The van der Waals surface area contributed by atoms with Gasteiger partial charge in [0.2, 0.25) is 6.41 Å². The van der Waals surface area contributed by atoms with E-state index in [0.29, 0.717) is 0 Å². The predicted molar refractivity (Wildman–Crippen MR) is 42.4 cm³/mol. The molecule has 0 aromatic rings. The second-order valence-electron chi connectivity index (χ2n) is 3.16. The Bertz CT molecular complexity index is 85.3. The van der Waals surface area contributed by atoms with Crippen molar-refractivity contribution in [3.63, 3.8) is 0 Å². The summed E-state index contributed by atoms with van der Waals surface area (Å²) >= 11 is 0. The second-order valence-corrected chi connectivity index (χ2v) is 3.16. The van der Waals surface area contributed by atoms with Crippen molar-refractivity contribution in [2.24, 2.45) is 17.6 Å². The zero-order valence-corrected chi connectivity index (χ0v) is 6.84. The van der Waals surface area contributed by atoms with Gasteiger partial charge in [-0.15, -0.1) is 0 Å². The number of nitrogens with two attached hydrogens (primary N) is 1. The molecule has 0 unspecified atom stereocenters. The first-order valence-corrected chi connectivity index (χ1v) is 3.86. The van der Waals surface area contributed by atoms with Gasteiger partial charge >= 0.3 is 0 Å². The lowest BCUT2D eigenvalue weighted by atomic mass is 10.1. The number of rotatable bonds is 0. The second kappa shape index (κ2) is 5.27. The number of carbonyl (C=O) groups excluding carboxylic acids is 1. The summed E-state index contributed by atoms with van der Waals surface area (Å²) in [5.41, 5.74) is 4.17. The maximum Gasteiger partial charge on any atom is 0.204 e. The van der Waals surface area contributed by atoms with Crippen molar-refractivity contribution in [1.82, 2.24) is 0 Å². The molecule has 60 valence electrons. The van der Waals surface area contributed by atoms with Crippen LogP contribution in [0.25, 0.3) is 0 Å². The highest BCUT2D eigenvalue weighted by molar-refractivity contribution is 5.42. The van der Waals surface area contributed by atoms with Crippen LogP contribution in [0.5, 0.6) is 0 Å². The molecule has 0 radical (unpaired) electrons. The first kappa shape index (κ1) is 9.47. The molecule has 0 aliphatic heterocycles. The maximum absolute atomic E-state index is 8.58. The molecule has 0 spiro atoms. The van der Waals surface area contributed by atoms with Crippen LogP contribution in [-0.2, 0) is 4.79 Å². The molecule has 0 aromatic carbocycles. The molecule has 2 atom stereocenters. The van der Waals surface area contributed by atoms with E-state index in [-0.39, 0.29) is 6.41 Å². The van der Waals surface area contributed by atoms with Gasteiger partial charge in [0.15, 0.2) is 0 Å². The van der Waals surface area contributed by atoms with E-state index >= 15 is 0 Å². The smallest absolute Gasteiger partial charge is 0.204 e. The van der Waals surface area contributed by atoms with Gasteiger partial charge in [-0.1, -0.05) is 26.7 Å². The molecule has 0 saturated heterocycles. The van der Waals surface area contributed by atoms with E-state index in [9.17, 15) is 0 Å². The van der Waals surface area contributed by atoms with Crippen LogP contribution in [0.15, 0.2) is 0 Å². The molecular weight excluding hydrogens is 126 g/mol. The molecule has 0 heterocycles. The van der Waals surface area contributed by atoms with E-state index in [1.165, 1.54) is 19.3 Å². The first-order valence-electron chi connectivity index (χ1n) is 3.86. The van der Waals surface area contributed by atoms with Gasteiger partial charge in [0.1, 0.15) is 0 Å². The van der Waals surface area contributed by atoms with Crippen LogP contribution >= 0.6 is 0 Å². The lowest BCUT2D eigenvalue weighted by Crippen LogP contribution is -1.84. The van der Waals surface area contributed by atoms with Crippen molar-refractivity contribution in [2.75, 3.05) is 0 Å². The Balaban J connectivity index is 0.000000236. The monoisotopic (exact) mass is 143 g/mol. The summed E-state index contributed by atoms with van der Waals surface area (Å²) in [5.74, 6) is 2.05. The van der Waals surface area contributed by atoms with Crippen LogP contribution in [0.2, 0.25) is 0 Å². The topological polar surface area (TPSA) is 43.1 Å². The molecule has 2 N–H and O–H groups in total. The van der Waals surface area contributed by atoms with Crippen LogP contribution in [0.1, 0.15) is 33.1 Å². The standard InChI is InChI=1S/C7H14.CH3NO/c1-6-3-4-7(2)5-6;2-1-3/h6-7H,3-5H2,1-2H3;1H,(H2,2,3)/t6-,7+;. The summed E-state index contributed by atoms with van der Waals surface area (Å²) in [6.07, 6.45) is 4.67. The van der Waals surface area contributed by atoms with Crippen LogP contribution < -0.4 is 5.73 Å². The quantitative estimate of drug-likeness (QED) is 0.513. The molecule has 0 bridgehead atoms. The normalized spacial score (nSPS) is 30.6. The third-order valence-electron chi connectivity index (χ3n) is 1.96. The van der Waals surface area contributed by atoms with Crippen molar-refractivity contribution in [3.05, 3.63) is 0 Å². The fourth-order valence-electron chi connectivity index (χ4n) is 1.49. The van der Waals surface area contributed by atoms with Gasteiger partial charge in [-0.05, 0) is 18.3 Å². The van der Waals surface area contributed by atoms with Crippen molar-refractivity contribution in [2.45, 2.75) is 33.1 Å². The Morgan fingerprint density at radius 3 is 1.70 bits per heavy atom. The van der Waals surface area contributed by atoms with Crippen molar-refractivity contribution in [1.29, 1.82) is 0 Å². The minimum Gasteiger partial charge on any atom is -0.372 e. The van der Waals surface area contributed by atoms with Gasteiger partial charge in [-0.25, -0.2) is 0 Å². The first-order chi connectivity index (χ1) is 4.70. The molecule has 1 rings (SSSR count). The fraction of sp³-hybridized carbons (Fsp3) is 0.875. The lowest BCUT2D eigenvalue weighted by Gasteiger charge is -1.96. The van der Waals surface area contributed by atoms with Gasteiger partial charge in [0.25, 0.3) is 0 Å². The van der Waals surface area contributed by atoms with Gasteiger partial charge in [-0.2, -0.15) is 0 Å². The molecule has 1 aliphatic carbocycles. The van der Waals surface area contributed by atoms with Crippen molar-refractivity contribution < 1.29 is 4.79 Å². The summed E-state index contributed by atoms with van der Waals surface area (Å²) in [4.78, 5) is 8.58. The van der Waals surface area contributed by atoms with E-state index < -0.39 is 0 Å². The van der Waals surface area contributed by atoms with Crippen LogP contribution in [0, 0.1) is 11.8 Å². The van der Waals surface area contributed by atoms with E-state index in [0.717, 1.165) is 11.8 Å². The lowest BCUT2D eigenvalue weighted by molar-refractivity contribution is -0.106. The average Bonchev–Trinajstić information content (AvgIpc) is 2.17. The number of hydrogen-bond donors (Lipinski definition) is 1. The molecule has 1 saturated carbocycles. The predicted octanol–water partition coefficient (Wildman–Crippen LogP) is 1.54. The van der Waals surface area contributed by atoms with Gasteiger partial charge in [0.05, 0.1) is 0 Å². The Labute approximate surface area is 62.8 Å². The van der Waals surface area contributed by atoms with Crippen LogP contribution in [0.3, 0.4) is 0 Å². The third kappa shape index (κ3) is 4.36. The molecule has 1 fully saturated rings. The Kier molecular flexibility index (Phi) is 4.99. The van der Waals surface area contributed by atoms with E-state index in [1.54, 1.807) is 0 Å². The highest BCUT2D eigenvalue weighted by Crippen LogP contribution is 2.29. The highest BCUT2D eigenvalue weighted by Gasteiger charge is 2.15. The van der Waals surface area contributed by atoms with E-state index in [2.05, 4.69) is 19.6 Å². The molecular formula is C8H17NO. The number of hydrogen-bond acceptors (Lipinski definition) is 1. The van der Waals surface area contributed by atoms with Crippen LogP contribution in [-0.4, -0.2) is 6.41 Å². The minimum absolute atomic E-state index is 0.250. The molecule has 1 aliphatic rings. The number of primary amides is 1. The Morgan fingerprint density at radius 1 is 1.30 bits per heavy atom. The molecule has 2 heteroatoms. The third-order valence-corrected chi connectivity index (χ3v) is 1.96. The number of carbonyl (C=O) groups is 1. The summed E-state index contributed by atoms with van der Waals surface area (Å²) in [5, 5.41) is 0. The molecule has 10 heavy (non-hydrogen) atoms. The molecule has 1 amide bonds. The summed E-state index contributed by atoms with van der Waals surface area (Å²) in [7, 11) is 0. The van der Waals surface area contributed by atoms with Gasteiger partial charge in [0, 0.05) is 0 Å². The summed E-state index contributed by atoms with van der Waals surface area (Å²) < 4.78 is 0. The largest absolute Gasteiger partial charge is 0.372 e. The Morgan fingerprint density at radius 2 is 1.60 bits per heavy atom. The average molecular weight is 143 g/mol. The van der Waals surface area contributed by atoms with Gasteiger partial charge in [-0.3, -0.25) is 4.79 Å². The molecule has 2 nitrogen and oxygen atoms in total. The zero-order valence-electron chi connectivity index (χ0n) is 6.84. The van der Waals surface area contributed by atoms with Crippen LogP contribution in [0.4, 0.5) is 0 Å². The summed E-state index contributed by atoms with van der Waals surface area (Å²) in [6.45, 7) is 4.70. The van der Waals surface area contributed by atoms with E-state index in [1.807, 2.05) is 0 Å². The zero-order chi connectivity index (χ0) is 7.98. The maximum atomic E-state index is 8.58. The highest BCUT2D eigenvalue weighted by atomic mass is 16.1. The molecule has 0 aromatic heterocycles. The van der Waals surface area contributed by atoms with Crippen molar-refractivity contribution >= 4 is 6.41 Å².